The molecule has 1 aliphatic rings. The van der Waals surface area contributed by atoms with Gasteiger partial charge in [0, 0.05) is 12.8 Å². The van der Waals surface area contributed by atoms with Crippen molar-refractivity contribution >= 4 is 0 Å². The molecule has 15 heavy (non-hydrogen) atoms. The predicted molar refractivity (Wildman–Crippen MR) is 64.3 cm³/mol. The van der Waals surface area contributed by atoms with E-state index in [4.69, 9.17) is 11.2 Å². The highest BCUT2D eigenvalue weighted by molar-refractivity contribution is 5.00. The van der Waals surface area contributed by atoms with Crippen LogP contribution in [0.5, 0.6) is 0 Å². The van der Waals surface area contributed by atoms with Gasteiger partial charge in [-0.15, -0.1) is 12.3 Å². The van der Waals surface area contributed by atoms with Gasteiger partial charge in [0.25, 0.3) is 0 Å². The van der Waals surface area contributed by atoms with Crippen LogP contribution in [0.1, 0.15) is 46.0 Å². The van der Waals surface area contributed by atoms with Crippen molar-refractivity contribution in [2.24, 2.45) is 11.8 Å². The van der Waals surface area contributed by atoms with Gasteiger partial charge in [-0.3, -0.25) is 0 Å². The monoisotopic (exact) mass is 206 g/mol. The lowest BCUT2D eigenvalue weighted by Gasteiger charge is -2.25. The summed E-state index contributed by atoms with van der Waals surface area (Å²) < 4.78 is 5.74. The van der Waals surface area contributed by atoms with E-state index in [2.05, 4.69) is 25.8 Å². The molecule has 2 atom stereocenters. The van der Waals surface area contributed by atoms with Gasteiger partial charge in [0.05, 0.1) is 12.4 Å². The molecule has 0 N–H and O–H groups in total. The van der Waals surface area contributed by atoms with E-state index in [1.807, 2.05) is 0 Å². The molecule has 0 aliphatic heterocycles. The second-order valence-electron chi connectivity index (χ2n) is 4.57. The minimum Gasteiger partial charge on any atom is -0.498 e. The predicted octanol–water partition coefficient (Wildman–Crippen LogP) is 3.76. The molecule has 84 valence electrons. The molecule has 1 unspecified atom stereocenters. The van der Waals surface area contributed by atoms with E-state index in [0.29, 0.717) is 0 Å². The number of ether oxygens (including phenoxy) is 1. The summed E-state index contributed by atoms with van der Waals surface area (Å²) in [5.74, 6) is 5.41. The molecule has 1 aliphatic carbocycles. The van der Waals surface area contributed by atoms with Gasteiger partial charge in [0.15, 0.2) is 0 Å². The Morgan fingerprint density at radius 2 is 2.20 bits per heavy atom. The molecule has 0 bridgehead atoms. The summed E-state index contributed by atoms with van der Waals surface area (Å²) in [4.78, 5) is 0. The van der Waals surface area contributed by atoms with Crippen LogP contribution in [-0.2, 0) is 4.74 Å². The Morgan fingerprint density at radius 3 is 2.87 bits per heavy atom. The van der Waals surface area contributed by atoms with Gasteiger partial charge in [-0.2, -0.15) is 0 Å². The van der Waals surface area contributed by atoms with E-state index in [1.54, 1.807) is 0 Å². The lowest BCUT2D eigenvalue weighted by atomic mass is 9.85. The van der Waals surface area contributed by atoms with E-state index in [1.165, 1.54) is 12.2 Å². The van der Waals surface area contributed by atoms with Crippen LogP contribution >= 0.6 is 0 Å². The highest BCUT2D eigenvalue weighted by Gasteiger charge is 2.18. The maximum atomic E-state index is 5.74. The van der Waals surface area contributed by atoms with Crippen molar-refractivity contribution in [1.29, 1.82) is 0 Å². The van der Waals surface area contributed by atoms with Crippen LogP contribution in [0.25, 0.3) is 0 Å². The Labute approximate surface area is 93.9 Å². The molecule has 0 amide bonds. The zero-order chi connectivity index (χ0) is 11.1. The minimum atomic E-state index is 0.760. The summed E-state index contributed by atoms with van der Waals surface area (Å²) in [6, 6.07) is 0. The second kappa shape index (κ2) is 6.56. The van der Waals surface area contributed by atoms with Crippen LogP contribution < -0.4 is 0 Å². The normalized spacial score (nSPS) is 25.5. The Kier molecular flexibility index (Phi) is 5.32. The van der Waals surface area contributed by atoms with Gasteiger partial charge in [0.1, 0.15) is 0 Å². The van der Waals surface area contributed by atoms with Crippen molar-refractivity contribution in [1.82, 2.24) is 0 Å². The van der Waals surface area contributed by atoms with E-state index >= 15 is 0 Å². The number of hydrogen-bond acceptors (Lipinski definition) is 1. The summed E-state index contributed by atoms with van der Waals surface area (Å²) in [5.41, 5.74) is 0. The van der Waals surface area contributed by atoms with E-state index in [9.17, 15) is 0 Å². The third kappa shape index (κ3) is 4.42. The van der Waals surface area contributed by atoms with E-state index in [-0.39, 0.29) is 0 Å². The molecular formula is C14H22O. The van der Waals surface area contributed by atoms with Crippen molar-refractivity contribution in [2.75, 3.05) is 6.61 Å². The highest BCUT2D eigenvalue weighted by atomic mass is 16.5. The zero-order valence-electron chi connectivity index (χ0n) is 9.96. The Balaban J connectivity index is 2.14. The topological polar surface area (TPSA) is 9.23 Å². The molecular weight excluding hydrogens is 184 g/mol. The minimum absolute atomic E-state index is 0.760. The average Bonchev–Trinajstić information content (AvgIpc) is 2.23. The Morgan fingerprint density at radius 1 is 1.40 bits per heavy atom. The summed E-state index contributed by atoms with van der Waals surface area (Å²) in [6.07, 6.45) is 12.7. The molecule has 0 aromatic carbocycles. The molecule has 0 aromatic heterocycles. The van der Waals surface area contributed by atoms with Crippen LogP contribution in [0, 0.1) is 24.2 Å². The van der Waals surface area contributed by atoms with E-state index in [0.717, 1.165) is 44.1 Å². The van der Waals surface area contributed by atoms with Crippen LogP contribution in [0.3, 0.4) is 0 Å². The highest BCUT2D eigenvalue weighted by Crippen LogP contribution is 2.29. The first-order chi connectivity index (χ1) is 7.24. The van der Waals surface area contributed by atoms with Crippen LogP contribution in [0.15, 0.2) is 11.8 Å². The lowest BCUT2D eigenvalue weighted by Crippen LogP contribution is -2.14. The molecule has 0 radical (unpaired) electrons. The summed E-state index contributed by atoms with van der Waals surface area (Å²) in [7, 11) is 0. The number of rotatable bonds is 5. The first-order valence-corrected chi connectivity index (χ1v) is 5.99. The molecule has 0 spiro atoms. The summed E-state index contributed by atoms with van der Waals surface area (Å²) in [6.45, 7) is 5.44. The van der Waals surface area contributed by atoms with Crippen LogP contribution in [-0.4, -0.2) is 6.61 Å². The SMILES string of the molecule is C#CCCCCOC1=CC[C@@H](C)C(C)C1. The lowest BCUT2D eigenvalue weighted by molar-refractivity contribution is 0.168. The fraction of sp³-hybridized carbons (Fsp3) is 0.714. The van der Waals surface area contributed by atoms with Gasteiger partial charge >= 0.3 is 0 Å². The zero-order valence-corrected chi connectivity index (χ0v) is 9.96. The molecule has 1 nitrogen and oxygen atoms in total. The van der Waals surface area contributed by atoms with Gasteiger partial charge in [-0.05, 0) is 37.2 Å². The average molecular weight is 206 g/mol. The van der Waals surface area contributed by atoms with Gasteiger partial charge in [0.2, 0.25) is 0 Å². The number of allylic oxidation sites excluding steroid dienone is 2. The van der Waals surface area contributed by atoms with Crippen molar-refractivity contribution in [3.05, 3.63) is 11.8 Å². The number of terminal acetylenes is 1. The maximum absolute atomic E-state index is 5.74. The summed E-state index contributed by atoms with van der Waals surface area (Å²) >= 11 is 0. The smallest absolute Gasteiger partial charge is 0.0922 e. The first kappa shape index (κ1) is 12.2. The fourth-order valence-corrected chi connectivity index (χ4v) is 1.80. The molecule has 1 rings (SSSR count). The fourth-order valence-electron chi connectivity index (χ4n) is 1.80. The molecule has 1 heteroatoms. The molecule has 0 fully saturated rings. The van der Waals surface area contributed by atoms with Crippen LogP contribution in [0.2, 0.25) is 0 Å². The summed E-state index contributed by atoms with van der Waals surface area (Å²) in [5, 5.41) is 0. The number of hydrogen-bond donors (Lipinski definition) is 0. The molecule has 0 saturated heterocycles. The third-order valence-electron chi connectivity index (χ3n) is 3.21. The van der Waals surface area contributed by atoms with Crippen molar-refractivity contribution < 1.29 is 4.74 Å². The van der Waals surface area contributed by atoms with Crippen molar-refractivity contribution in [3.63, 3.8) is 0 Å². The Bertz CT molecular complexity index is 247. The maximum Gasteiger partial charge on any atom is 0.0922 e. The van der Waals surface area contributed by atoms with Crippen LogP contribution in [0.4, 0.5) is 0 Å². The van der Waals surface area contributed by atoms with Gasteiger partial charge in [-0.25, -0.2) is 0 Å². The third-order valence-corrected chi connectivity index (χ3v) is 3.21. The first-order valence-electron chi connectivity index (χ1n) is 5.99. The van der Waals surface area contributed by atoms with E-state index < -0.39 is 0 Å². The molecule has 0 heterocycles. The van der Waals surface area contributed by atoms with Crippen molar-refractivity contribution in [2.45, 2.75) is 46.0 Å². The molecule has 0 aromatic rings. The Hall–Kier alpha value is -0.900. The largest absolute Gasteiger partial charge is 0.498 e. The standard InChI is InChI=1S/C14H22O/c1-4-5-6-7-10-15-14-9-8-12(2)13(3)11-14/h1,9,12-13H,5-8,10-11H2,2-3H3/t12-,13?/m1/s1. The second-order valence-corrected chi connectivity index (χ2v) is 4.57. The number of unbranched alkanes of at least 4 members (excludes halogenated alkanes) is 2. The molecule has 0 saturated carbocycles. The quantitative estimate of drug-likeness (QED) is 0.491. The van der Waals surface area contributed by atoms with Gasteiger partial charge < -0.3 is 4.74 Å². The van der Waals surface area contributed by atoms with Gasteiger partial charge in [-0.1, -0.05) is 13.8 Å². The van der Waals surface area contributed by atoms with Crippen molar-refractivity contribution in [3.8, 4) is 12.3 Å².